The van der Waals surface area contributed by atoms with Gasteiger partial charge in [0.15, 0.2) is 0 Å². The SMILES string of the molecule is O=C(CN1CC2CCC(C1)N2c1ccc(C(F)(F)F)cn1)N1CC=C(c2cccc(C(F)(F)F)c2)CC1. The van der Waals surface area contributed by atoms with E-state index in [4.69, 9.17) is 0 Å². The maximum atomic E-state index is 13.0. The Bertz CT molecular complexity index is 1160. The van der Waals surface area contributed by atoms with E-state index in [2.05, 4.69) is 14.8 Å². The molecule has 4 heterocycles. The Balaban J connectivity index is 1.18. The molecule has 0 radical (unpaired) electrons. The van der Waals surface area contributed by atoms with Gasteiger partial charge in [0.1, 0.15) is 5.82 Å². The Morgan fingerprint density at radius 3 is 2.22 bits per heavy atom. The van der Waals surface area contributed by atoms with Crippen LogP contribution in [0.2, 0.25) is 0 Å². The number of fused-ring (bicyclic) bond motifs is 2. The van der Waals surface area contributed by atoms with Crippen LogP contribution in [0.15, 0.2) is 48.7 Å². The predicted octanol–water partition coefficient (Wildman–Crippen LogP) is 5.09. The average molecular weight is 525 g/mol. The van der Waals surface area contributed by atoms with Gasteiger partial charge in [0, 0.05) is 44.5 Å². The molecule has 3 aliphatic heterocycles. The normalized spacial score (nSPS) is 22.8. The molecule has 5 rings (SSSR count). The number of amides is 1. The molecule has 0 N–H and O–H groups in total. The van der Waals surface area contributed by atoms with Gasteiger partial charge in [-0.05, 0) is 54.7 Å². The predicted molar refractivity (Wildman–Crippen MR) is 126 cm³/mol. The number of hydrogen-bond acceptors (Lipinski definition) is 4. The van der Waals surface area contributed by atoms with Gasteiger partial charge in [-0.1, -0.05) is 18.2 Å². The first kappa shape index (κ1) is 25.6. The Morgan fingerprint density at radius 1 is 0.946 bits per heavy atom. The van der Waals surface area contributed by atoms with Crippen LogP contribution in [0.5, 0.6) is 0 Å². The molecule has 2 atom stereocenters. The summed E-state index contributed by atoms with van der Waals surface area (Å²) in [7, 11) is 0. The number of anilines is 1. The van der Waals surface area contributed by atoms with Crippen molar-refractivity contribution in [3.8, 4) is 0 Å². The molecule has 5 nitrogen and oxygen atoms in total. The number of nitrogens with zero attached hydrogens (tertiary/aromatic N) is 4. The number of alkyl halides is 6. The van der Waals surface area contributed by atoms with E-state index in [-0.39, 0.29) is 24.5 Å². The highest BCUT2D eigenvalue weighted by atomic mass is 19.4. The molecule has 3 aliphatic rings. The number of pyridine rings is 1. The number of benzene rings is 1. The highest BCUT2D eigenvalue weighted by molar-refractivity contribution is 5.80. The van der Waals surface area contributed by atoms with Gasteiger partial charge in [-0.25, -0.2) is 4.98 Å². The van der Waals surface area contributed by atoms with Gasteiger partial charge in [-0.15, -0.1) is 0 Å². The minimum absolute atomic E-state index is 0.0418. The monoisotopic (exact) mass is 524 g/mol. The van der Waals surface area contributed by atoms with E-state index in [0.717, 1.165) is 42.8 Å². The fraction of sp³-hybridized carbons (Fsp3) is 0.462. The topological polar surface area (TPSA) is 39.7 Å². The molecule has 198 valence electrons. The molecule has 11 heteroatoms. The molecule has 0 spiro atoms. The molecule has 2 bridgehead atoms. The number of rotatable bonds is 4. The lowest BCUT2D eigenvalue weighted by Crippen LogP contribution is -2.56. The van der Waals surface area contributed by atoms with Gasteiger partial charge in [-0.3, -0.25) is 9.69 Å². The van der Waals surface area contributed by atoms with Gasteiger partial charge in [0.05, 0.1) is 17.7 Å². The van der Waals surface area contributed by atoms with Gasteiger partial charge < -0.3 is 9.80 Å². The Labute approximate surface area is 210 Å². The second-order valence-corrected chi connectivity index (χ2v) is 9.79. The summed E-state index contributed by atoms with van der Waals surface area (Å²) >= 11 is 0. The van der Waals surface area contributed by atoms with Crippen molar-refractivity contribution in [1.82, 2.24) is 14.8 Å². The van der Waals surface area contributed by atoms with E-state index >= 15 is 0 Å². The van der Waals surface area contributed by atoms with Gasteiger partial charge in [-0.2, -0.15) is 26.3 Å². The number of hydrogen-bond donors (Lipinski definition) is 0. The van der Waals surface area contributed by atoms with Crippen LogP contribution in [0.3, 0.4) is 0 Å². The van der Waals surface area contributed by atoms with Crippen LogP contribution < -0.4 is 4.90 Å². The number of piperazine rings is 1. The minimum atomic E-state index is -4.43. The third-order valence-corrected chi connectivity index (χ3v) is 7.38. The fourth-order valence-electron chi connectivity index (χ4n) is 5.54. The molecule has 2 fully saturated rings. The van der Waals surface area contributed by atoms with Crippen LogP contribution in [-0.4, -0.2) is 65.5 Å². The zero-order chi connectivity index (χ0) is 26.4. The standard InChI is InChI=1S/C26H26F6N4O/c27-25(28,29)19-3-1-2-18(12-19)17-8-10-35(11-9-17)24(37)16-34-14-21-5-6-22(15-34)36(21)23-7-4-20(13-33-23)26(30,31)32/h1-4,7-8,12-13,21-22H,5-6,9-11,14-16H2. The maximum absolute atomic E-state index is 13.0. The third-order valence-electron chi connectivity index (χ3n) is 7.38. The third kappa shape index (κ3) is 5.46. The molecular weight excluding hydrogens is 498 g/mol. The molecule has 0 saturated carbocycles. The van der Waals surface area contributed by atoms with Gasteiger partial charge >= 0.3 is 12.4 Å². The summed E-state index contributed by atoms with van der Waals surface area (Å²) in [5.74, 6) is 0.481. The second-order valence-electron chi connectivity index (χ2n) is 9.79. The summed E-state index contributed by atoms with van der Waals surface area (Å²) in [4.78, 5) is 22.9. The highest BCUT2D eigenvalue weighted by Gasteiger charge is 2.41. The quantitative estimate of drug-likeness (QED) is 0.523. The van der Waals surface area contributed by atoms with Gasteiger partial charge in [0.25, 0.3) is 0 Å². The molecule has 37 heavy (non-hydrogen) atoms. The van der Waals surface area contributed by atoms with E-state index in [1.807, 2.05) is 6.08 Å². The number of carbonyl (C=O) groups excluding carboxylic acids is 1. The molecule has 0 aliphatic carbocycles. The molecule has 2 saturated heterocycles. The molecule has 1 amide bonds. The van der Waals surface area contributed by atoms with E-state index in [1.54, 1.807) is 11.0 Å². The summed E-state index contributed by atoms with van der Waals surface area (Å²) < 4.78 is 77.8. The summed E-state index contributed by atoms with van der Waals surface area (Å²) in [5, 5.41) is 0. The van der Waals surface area contributed by atoms with Crippen LogP contribution in [0.25, 0.3) is 5.57 Å². The first-order valence-corrected chi connectivity index (χ1v) is 12.2. The lowest BCUT2D eigenvalue weighted by molar-refractivity contribution is -0.138. The van der Waals surface area contributed by atoms with Crippen molar-refractivity contribution in [3.63, 3.8) is 0 Å². The molecule has 1 aromatic heterocycles. The van der Waals surface area contributed by atoms with Crippen molar-refractivity contribution in [3.05, 3.63) is 65.4 Å². The van der Waals surface area contributed by atoms with Crippen molar-refractivity contribution >= 4 is 17.3 Å². The van der Waals surface area contributed by atoms with Gasteiger partial charge in [0.2, 0.25) is 5.91 Å². The van der Waals surface area contributed by atoms with Crippen molar-refractivity contribution in [1.29, 1.82) is 0 Å². The first-order valence-electron chi connectivity index (χ1n) is 12.2. The van der Waals surface area contributed by atoms with Crippen molar-refractivity contribution < 1.29 is 31.1 Å². The number of carbonyl (C=O) groups is 1. The molecule has 2 aromatic rings. The van der Waals surface area contributed by atoms with Crippen LogP contribution in [0, 0.1) is 0 Å². The van der Waals surface area contributed by atoms with Crippen LogP contribution in [0.4, 0.5) is 32.2 Å². The Hall–Kier alpha value is -3.08. The number of likely N-dealkylation sites (tertiary alicyclic amines) is 1. The van der Waals surface area contributed by atoms with Crippen LogP contribution in [0.1, 0.15) is 36.0 Å². The van der Waals surface area contributed by atoms with Crippen molar-refractivity contribution in [2.24, 2.45) is 0 Å². The molecule has 1 aromatic carbocycles. The minimum Gasteiger partial charge on any atom is -0.348 e. The number of aromatic nitrogens is 1. The summed E-state index contributed by atoms with van der Waals surface area (Å²) in [6.07, 6.45) is -3.92. The molecule has 2 unspecified atom stereocenters. The smallest absolute Gasteiger partial charge is 0.348 e. The fourth-order valence-corrected chi connectivity index (χ4v) is 5.54. The Kier molecular flexibility index (Phi) is 6.68. The summed E-state index contributed by atoms with van der Waals surface area (Å²) in [5.41, 5.74) is -0.151. The average Bonchev–Trinajstić information content (AvgIpc) is 3.13. The zero-order valence-corrected chi connectivity index (χ0v) is 19.9. The Morgan fingerprint density at radius 2 is 1.65 bits per heavy atom. The van der Waals surface area contributed by atoms with Crippen molar-refractivity contribution in [2.75, 3.05) is 37.6 Å². The van der Waals surface area contributed by atoms with Crippen molar-refractivity contribution in [2.45, 2.75) is 43.7 Å². The maximum Gasteiger partial charge on any atom is 0.417 e. The first-order chi connectivity index (χ1) is 17.5. The zero-order valence-electron chi connectivity index (χ0n) is 19.9. The van der Waals surface area contributed by atoms with Crippen LogP contribution in [-0.2, 0) is 17.1 Å². The molecular formula is C26H26F6N4O. The highest BCUT2D eigenvalue weighted by Crippen LogP contribution is 2.36. The van der Waals surface area contributed by atoms with Crippen LogP contribution >= 0.6 is 0 Å². The number of halogens is 6. The van der Waals surface area contributed by atoms with E-state index in [1.165, 1.54) is 12.1 Å². The lowest BCUT2D eigenvalue weighted by Gasteiger charge is -2.42. The largest absolute Gasteiger partial charge is 0.417 e. The lowest BCUT2D eigenvalue weighted by atomic mass is 9.97. The van der Waals surface area contributed by atoms with E-state index in [0.29, 0.717) is 44.0 Å². The summed E-state index contributed by atoms with van der Waals surface area (Å²) in [6.45, 7) is 2.23. The van der Waals surface area contributed by atoms with E-state index in [9.17, 15) is 31.1 Å². The summed E-state index contributed by atoms with van der Waals surface area (Å²) in [6, 6.07) is 7.85. The van der Waals surface area contributed by atoms with E-state index < -0.39 is 23.5 Å². The second kappa shape index (κ2) is 9.66.